The van der Waals surface area contributed by atoms with E-state index in [1.54, 1.807) is 36.4 Å². The van der Waals surface area contributed by atoms with Gasteiger partial charge in [0.15, 0.2) is 0 Å². The Morgan fingerprint density at radius 2 is 1.56 bits per heavy atom. The summed E-state index contributed by atoms with van der Waals surface area (Å²) in [6.45, 7) is 4.80. The summed E-state index contributed by atoms with van der Waals surface area (Å²) in [6.07, 6.45) is 5.88. The van der Waals surface area contributed by atoms with E-state index in [0.717, 1.165) is 49.4 Å². The summed E-state index contributed by atoms with van der Waals surface area (Å²) in [5.41, 5.74) is 4.58. The van der Waals surface area contributed by atoms with Crippen LogP contribution in [0.1, 0.15) is 22.3 Å². The average Bonchev–Trinajstić information content (AvgIpc) is 3.77. The van der Waals surface area contributed by atoms with Crippen molar-refractivity contribution in [3.05, 3.63) is 167 Å². The number of rotatable bonds is 16. The van der Waals surface area contributed by atoms with Crippen LogP contribution < -0.4 is 14.9 Å². The van der Waals surface area contributed by atoms with Gasteiger partial charge in [-0.25, -0.2) is 18.1 Å². The fourth-order valence-electron chi connectivity index (χ4n) is 6.83. The summed E-state index contributed by atoms with van der Waals surface area (Å²) in [4.78, 5) is 34.3. The summed E-state index contributed by atoms with van der Waals surface area (Å²) >= 11 is 1.61. The van der Waals surface area contributed by atoms with Gasteiger partial charge in [0.05, 0.1) is 16.1 Å². The maximum atomic E-state index is 13.4. The molecule has 0 saturated carbocycles. The van der Waals surface area contributed by atoms with Crippen LogP contribution in [0, 0.1) is 10.1 Å². The third-order valence-corrected chi connectivity index (χ3v) is 12.4. The van der Waals surface area contributed by atoms with Gasteiger partial charge >= 0.3 is 0 Å². The number of nitrogens with zero attached hydrogens (tertiary/aromatic N) is 5. The number of anilines is 2. The van der Waals surface area contributed by atoms with Crippen molar-refractivity contribution < 1.29 is 18.1 Å². The maximum absolute atomic E-state index is 13.4. The largest absolute Gasteiger partial charge is 0.376 e. The number of carbonyl (C=O) groups excluding carboxylic acids is 1. The Bertz CT molecular complexity index is 2370. The highest BCUT2D eigenvalue weighted by Crippen LogP contribution is 2.31. The molecule has 0 bridgehead atoms. The molecule has 292 valence electrons. The monoisotopic (exact) mass is 801 g/mol. The first-order valence-electron chi connectivity index (χ1n) is 18.7. The van der Waals surface area contributed by atoms with Crippen molar-refractivity contribution in [1.82, 2.24) is 19.2 Å². The van der Waals surface area contributed by atoms with E-state index in [0.29, 0.717) is 18.7 Å². The van der Waals surface area contributed by atoms with E-state index in [4.69, 9.17) is 0 Å². The first kappa shape index (κ1) is 39.3. The molecule has 2 heterocycles. The lowest BCUT2D eigenvalue weighted by Gasteiger charge is -2.36. The number of nitro benzene ring substituents is 1. The predicted octanol–water partition coefficient (Wildman–Crippen LogP) is 7.56. The van der Waals surface area contributed by atoms with Crippen LogP contribution >= 0.6 is 11.8 Å². The van der Waals surface area contributed by atoms with Crippen LogP contribution in [0.25, 0.3) is 11.1 Å². The molecule has 57 heavy (non-hydrogen) atoms. The normalized spacial score (nSPS) is 13.9. The Balaban J connectivity index is 0.965. The summed E-state index contributed by atoms with van der Waals surface area (Å²) in [7, 11) is -4.44. The standard InChI is InChI=1S/C43H43N7O5S2/c51-43(34-15-17-37(18-16-34)49-27-25-47(26-28-49)30-35-11-7-8-14-40(35)33-9-3-1-4-10-33)46-57(54,55)39-19-20-41(42(29-39)50(52)53)45-36(21-23-48-24-22-44-32-48)31-56-38-12-5-2-6-13-38/h1-20,22,24,29,32,36,45H,21,23,25-28,30-31H2,(H,46,51)/t36-/m1/s1. The molecular formula is C43H43N7O5S2. The fourth-order valence-corrected chi connectivity index (χ4v) is 8.82. The maximum Gasteiger partial charge on any atom is 0.293 e. The molecule has 2 N–H and O–H groups in total. The second kappa shape index (κ2) is 18.3. The van der Waals surface area contributed by atoms with Gasteiger partial charge in [0.2, 0.25) is 0 Å². The Labute approximate surface area is 336 Å². The van der Waals surface area contributed by atoms with E-state index in [-0.39, 0.29) is 22.2 Å². The number of imidazole rings is 1. The number of benzene rings is 5. The lowest BCUT2D eigenvalue weighted by atomic mass is 9.99. The zero-order chi connectivity index (χ0) is 39.6. The topological polar surface area (TPSA) is 143 Å². The lowest BCUT2D eigenvalue weighted by Crippen LogP contribution is -2.46. The SMILES string of the molecule is O=C(NS(=O)(=O)c1ccc(N[C@H](CCn2ccnc2)CSc2ccccc2)c([N+](=O)[O-])c1)c1ccc(N2CCN(Cc3ccccc3-c3ccccc3)CC2)cc1. The van der Waals surface area contributed by atoms with Gasteiger partial charge < -0.3 is 14.8 Å². The molecular weight excluding hydrogens is 759 g/mol. The highest BCUT2D eigenvalue weighted by atomic mass is 32.2. The molecule has 1 amide bonds. The average molecular weight is 802 g/mol. The van der Waals surface area contributed by atoms with Gasteiger partial charge in [-0.15, -0.1) is 11.8 Å². The van der Waals surface area contributed by atoms with Gasteiger partial charge in [-0.3, -0.25) is 19.8 Å². The molecule has 7 rings (SSSR count). The highest BCUT2D eigenvalue weighted by molar-refractivity contribution is 7.99. The predicted molar refractivity (Wildman–Crippen MR) is 225 cm³/mol. The second-order valence-electron chi connectivity index (χ2n) is 13.8. The van der Waals surface area contributed by atoms with Crippen LogP contribution in [0.5, 0.6) is 0 Å². The Morgan fingerprint density at radius 3 is 2.26 bits per heavy atom. The molecule has 14 heteroatoms. The van der Waals surface area contributed by atoms with Gasteiger partial charge in [0.1, 0.15) is 5.69 Å². The van der Waals surface area contributed by atoms with Crippen LogP contribution in [0.3, 0.4) is 0 Å². The van der Waals surface area contributed by atoms with Crippen molar-refractivity contribution >= 4 is 44.8 Å². The van der Waals surface area contributed by atoms with Gasteiger partial charge in [0, 0.05) is 85.7 Å². The Hall–Kier alpha value is -5.96. The third kappa shape index (κ3) is 10.3. The molecule has 0 aliphatic carbocycles. The molecule has 0 spiro atoms. The summed E-state index contributed by atoms with van der Waals surface area (Å²) in [5, 5.41) is 15.5. The minimum Gasteiger partial charge on any atom is -0.376 e. The number of sulfonamides is 1. The van der Waals surface area contributed by atoms with Crippen molar-refractivity contribution in [1.29, 1.82) is 0 Å². The van der Waals surface area contributed by atoms with Crippen LogP contribution in [0.4, 0.5) is 17.1 Å². The molecule has 1 atom stereocenters. The molecule has 6 aromatic rings. The molecule has 12 nitrogen and oxygen atoms in total. The van der Waals surface area contributed by atoms with Gasteiger partial charge in [-0.05, 0) is 71.6 Å². The molecule has 5 aromatic carbocycles. The minimum atomic E-state index is -4.44. The molecule has 1 aromatic heterocycles. The molecule has 0 radical (unpaired) electrons. The van der Waals surface area contributed by atoms with E-state index in [9.17, 15) is 23.3 Å². The van der Waals surface area contributed by atoms with Crippen LogP contribution in [-0.2, 0) is 23.1 Å². The van der Waals surface area contributed by atoms with Crippen molar-refractivity contribution in [2.45, 2.75) is 35.3 Å². The number of carbonyl (C=O) groups is 1. The number of aromatic nitrogens is 2. The summed E-state index contributed by atoms with van der Waals surface area (Å²) in [5.74, 6) is -0.226. The summed E-state index contributed by atoms with van der Waals surface area (Å²) in [6, 6.07) is 39.0. The first-order chi connectivity index (χ1) is 27.7. The van der Waals surface area contributed by atoms with Crippen molar-refractivity contribution in [2.24, 2.45) is 0 Å². The molecule has 1 fully saturated rings. The van der Waals surface area contributed by atoms with Gasteiger partial charge in [-0.2, -0.15) is 0 Å². The zero-order valence-corrected chi connectivity index (χ0v) is 32.8. The molecule has 0 unspecified atom stereocenters. The first-order valence-corrected chi connectivity index (χ1v) is 21.1. The number of nitrogens with one attached hydrogen (secondary N) is 2. The molecule has 1 aliphatic heterocycles. The Kier molecular flexibility index (Phi) is 12.6. The quantitative estimate of drug-likeness (QED) is 0.0572. The van der Waals surface area contributed by atoms with Crippen LogP contribution in [-0.4, -0.2) is 71.7 Å². The van der Waals surface area contributed by atoms with Crippen LogP contribution in [0.2, 0.25) is 0 Å². The van der Waals surface area contributed by atoms with E-state index in [2.05, 4.69) is 73.4 Å². The third-order valence-electron chi connectivity index (χ3n) is 9.92. The van der Waals surface area contributed by atoms with Crippen molar-refractivity contribution in [3.63, 3.8) is 0 Å². The number of amides is 1. The molecule has 1 aliphatic rings. The minimum absolute atomic E-state index is 0.155. The Morgan fingerprint density at radius 1 is 0.860 bits per heavy atom. The van der Waals surface area contributed by atoms with Gasteiger partial charge in [0.25, 0.3) is 21.6 Å². The van der Waals surface area contributed by atoms with E-state index >= 15 is 0 Å². The number of nitro groups is 1. The number of aryl methyl sites for hydroxylation is 1. The number of thioether (sulfide) groups is 1. The second-order valence-corrected chi connectivity index (χ2v) is 16.5. The van der Waals surface area contributed by atoms with Gasteiger partial charge in [-0.1, -0.05) is 72.8 Å². The van der Waals surface area contributed by atoms with E-state index < -0.39 is 26.5 Å². The number of hydrogen-bond donors (Lipinski definition) is 2. The zero-order valence-electron chi connectivity index (χ0n) is 31.2. The smallest absolute Gasteiger partial charge is 0.293 e. The summed E-state index contributed by atoms with van der Waals surface area (Å²) < 4.78 is 30.8. The van der Waals surface area contributed by atoms with Crippen molar-refractivity contribution in [3.8, 4) is 11.1 Å². The highest BCUT2D eigenvalue weighted by Gasteiger charge is 2.26. The lowest BCUT2D eigenvalue weighted by molar-refractivity contribution is -0.384. The van der Waals surface area contributed by atoms with Crippen LogP contribution in [0.15, 0.2) is 156 Å². The number of piperazine rings is 1. The fraction of sp³-hybridized carbons (Fsp3) is 0.209. The van der Waals surface area contributed by atoms with E-state index in [1.807, 2.05) is 59.3 Å². The molecule has 1 saturated heterocycles. The number of hydrogen-bond acceptors (Lipinski definition) is 10. The van der Waals surface area contributed by atoms with E-state index in [1.165, 1.54) is 28.8 Å². The van der Waals surface area contributed by atoms with Crippen molar-refractivity contribution in [2.75, 3.05) is 42.1 Å².